The number of carbonyl (C=O) groups is 5. The van der Waals surface area contributed by atoms with E-state index >= 15 is 0 Å². The first kappa shape index (κ1) is 71.0. The third kappa shape index (κ3) is 18.9. The largest absolute Gasteiger partial charge is 0.543 e. The molecule has 4 aliphatic rings. The van der Waals surface area contributed by atoms with Crippen LogP contribution in [0.25, 0.3) is 0 Å². The first-order valence-corrected chi connectivity index (χ1v) is 34.5. The summed E-state index contributed by atoms with van der Waals surface area (Å²) in [4.78, 5) is 71.3. The number of nitrogens with one attached hydrogen (secondary N) is 4. The van der Waals surface area contributed by atoms with Gasteiger partial charge in [-0.2, -0.15) is 0 Å². The number of rotatable bonds is 17. The number of ether oxygens (including phenoxy) is 2. The Hall–Kier alpha value is -4.73. The molecule has 18 nitrogen and oxygen atoms in total. The normalized spacial score (nSPS) is 33.9. The van der Waals surface area contributed by atoms with Crippen molar-refractivity contribution < 1.29 is 63.4 Å². The van der Waals surface area contributed by atoms with Crippen LogP contribution in [0.3, 0.4) is 0 Å². The Morgan fingerprint density at radius 3 is 2.29 bits per heavy atom. The molecule has 19 heteroatoms. The SMILES string of the molecule is CC[C@H]1C[C@H](C)[C@@]2(NC1=O)O[C@@H](C[C@H](O)[C@@H](C)CC/C=C/C=C(\C)C1C/C=C/C=C/[C@H](O)[C@H](C)[C@@H](O)[C@@H](CCC(C)O)C(=O)N[C@@H](C(C)C)C(=O)NC(Cc3cccc(O[Si](C)(C)C(C)(C)C)c3)C(=O)N3CCC[C@H](N3)C(=O)O1)[C@H](C)[C@H](O)[C@@H]2C. The number of aliphatic hydroxyl groups is 5. The van der Waals surface area contributed by atoms with Gasteiger partial charge in [-0.15, -0.1) is 0 Å². The molecule has 1 aromatic carbocycles. The van der Waals surface area contributed by atoms with E-state index in [0.717, 1.165) is 12.0 Å². The van der Waals surface area contributed by atoms with Gasteiger partial charge in [-0.3, -0.25) is 29.0 Å². The number of hydrogen-bond acceptors (Lipinski definition) is 14. The highest BCUT2D eigenvalue weighted by atomic mass is 28.4. The average molecular weight is 1210 g/mol. The molecule has 0 aliphatic carbocycles. The Labute approximate surface area is 508 Å². The highest BCUT2D eigenvalue weighted by molar-refractivity contribution is 6.74. The number of hydrogen-bond donors (Lipinski definition) is 9. The lowest BCUT2D eigenvalue weighted by atomic mass is 9.69. The maximum Gasteiger partial charge on any atom is 0.325 e. The van der Waals surface area contributed by atoms with Crippen molar-refractivity contribution in [3.8, 4) is 5.75 Å². The van der Waals surface area contributed by atoms with Crippen molar-refractivity contribution in [2.45, 2.75) is 245 Å². The van der Waals surface area contributed by atoms with Crippen LogP contribution in [0.4, 0.5) is 0 Å². The zero-order chi connectivity index (χ0) is 63.3. The van der Waals surface area contributed by atoms with Crippen molar-refractivity contribution in [1.82, 2.24) is 26.4 Å². The molecule has 85 heavy (non-hydrogen) atoms. The number of carbonyl (C=O) groups excluding carboxylic acids is 5. The number of allylic oxidation sites excluding steroid dienone is 5. The number of amides is 4. The van der Waals surface area contributed by atoms with Crippen LogP contribution in [-0.2, 0) is 39.9 Å². The van der Waals surface area contributed by atoms with Crippen LogP contribution in [-0.4, -0.2) is 142 Å². The van der Waals surface area contributed by atoms with Crippen molar-refractivity contribution in [2.24, 2.45) is 47.3 Å². The first-order valence-electron chi connectivity index (χ1n) is 31.6. The minimum atomic E-state index is -2.27. The zero-order valence-corrected chi connectivity index (χ0v) is 54.7. The summed E-state index contributed by atoms with van der Waals surface area (Å²) < 4.78 is 19.7. The summed E-state index contributed by atoms with van der Waals surface area (Å²) in [5.41, 5.74) is 3.55. The summed E-state index contributed by atoms with van der Waals surface area (Å²) >= 11 is 0. The molecule has 2 bridgehead atoms. The smallest absolute Gasteiger partial charge is 0.325 e. The van der Waals surface area contributed by atoms with Crippen molar-refractivity contribution in [1.29, 1.82) is 0 Å². The Morgan fingerprint density at radius 1 is 0.929 bits per heavy atom. The van der Waals surface area contributed by atoms with Gasteiger partial charge < -0.3 is 55.4 Å². The Bertz CT molecular complexity index is 2510. The molecule has 478 valence electrons. The van der Waals surface area contributed by atoms with Crippen LogP contribution in [0.1, 0.15) is 160 Å². The van der Waals surface area contributed by atoms with E-state index in [2.05, 4.69) is 62.2 Å². The van der Waals surface area contributed by atoms with Gasteiger partial charge in [0.05, 0.1) is 42.5 Å². The molecule has 3 saturated heterocycles. The van der Waals surface area contributed by atoms with Crippen LogP contribution in [0.2, 0.25) is 18.1 Å². The zero-order valence-electron chi connectivity index (χ0n) is 53.7. The molecule has 4 amide bonds. The van der Waals surface area contributed by atoms with E-state index in [4.69, 9.17) is 13.9 Å². The lowest BCUT2D eigenvalue weighted by Gasteiger charge is -2.56. The highest BCUT2D eigenvalue weighted by Gasteiger charge is 2.57. The second kappa shape index (κ2) is 31.4. The van der Waals surface area contributed by atoms with E-state index in [1.54, 1.807) is 45.9 Å². The monoisotopic (exact) mass is 1210 g/mol. The fourth-order valence-electron chi connectivity index (χ4n) is 11.9. The molecule has 3 unspecified atom stereocenters. The van der Waals surface area contributed by atoms with E-state index in [1.165, 1.54) is 11.1 Å². The van der Waals surface area contributed by atoms with Gasteiger partial charge >= 0.3 is 5.97 Å². The molecule has 0 saturated carbocycles. The summed E-state index contributed by atoms with van der Waals surface area (Å²) in [7, 11) is -2.27. The van der Waals surface area contributed by atoms with Gasteiger partial charge in [0.2, 0.25) is 26.0 Å². The number of piperidine rings is 1. The maximum absolute atomic E-state index is 14.9. The summed E-state index contributed by atoms with van der Waals surface area (Å²) in [6, 6.07) is 4.19. The molecule has 5 rings (SSSR count). The Morgan fingerprint density at radius 2 is 1.64 bits per heavy atom. The fourth-order valence-corrected chi connectivity index (χ4v) is 12.9. The van der Waals surface area contributed by atoms with Gasteiger partial charge in [-0.25, -0.2) is 5.43 Å². The predicted molar refractivity (Wildman–Crippen MR) is 332 cm³/mol. The second-order valence-electron chi connectivity index (χ2n) is 27.2. The second-order valence-corrected chi connectivity index (χ2v) is 31.9. The van der Waals surface area contributed by atoms with Crippen molar-refractivity contribution in [2.75, 3.05) is 6.54 Å². The number of aliphatic hydroxyl groups excluding tert-OH is 5. The number of hydrazine groups is 1. The Kier molecular flexibility index (Phi) is 26.3. The quantitative estimate of drug-likeness (QED) is 0.0408. The van der Waals surface area contributed by atoms with Gasteiger partial charge in [-0.05, 0) is 118 Å². The van der Waals surface area contributed by atoms with E-state index in [1.807, 2.05) is 77.1 Å². The van der Waals surface area contributed by atoms with Crippen molar-refractivity contribution in [3.63, 3.8) is 0 Å². The minimum absolute atomic E-state index is 0.0229. The number of benzene rings is 1. The van der Waals surface area contributed by atoms with Crippen LogP contribution in [0.5, 0.6) is 5.75 Å². The molecule has 1 spiro atoms. The highest BCUT2D eigenvalue weighted by Crippen LogP contribution is 2.46. The number of esters is 1. The van der Waals surface area contributed by atoms with Crippen LogP contribution < -0.4 is 25.8 Å². The number of nitrogens with zero attached hydrogens (tertiary/aromatic N) is 1. The molecular formula is C66H107N5O13Si. The van der Waals surface area contributed by atoms with E-state index in [-0.39, 0.29) is 72.8 Å². The third-order valence-electron chi connectivity index (χ3n) is 19.1. The van der Waals surface area contributed by atoms with Crippen molar-refractivity contribution >= 4 is 37.9 Å². The van der Waals surface area contributed by atoms with E-state index in [0.29, 0.717) is 49.8 Å². The molecule has 1 aromatic rings. The molecule has 3 fully saturated rings. The van der Waals surface area contributed by atoms with Gasteiger partial charge in [0, 0.05) is 55.4 Å². The minimum Gasteiger partial charge on any atom is -0.543 e. The van der Waals surface area contributed by atoms with Crippen molar-refractivity contribution in [3.05, 3.63) is 77.9 Å². The topological polar surface area (TPSA) is 266 Å². The van der Waals surface area contributed by atoms with E-state index in [9.17, 15) is 49.5 Å². The predicted octanol–water partition coefficient (Wildman–Crippen LogP) is 7.88. The lowest BCUT2D eigenvalue weighted by Crippen LogP contribution is -2.71. The van der Waals surface area contributed by atoms with Gasteiger partial charge in [0.1, 0.15) is 35.7 Å². The first-order chi connectivity index (χ1) is 39.8. The van der Waals surface area contributed by atoms with Crippen LogP contribution in [0, 0.1) is 47.3 Å². The van der Waals surface area contributed by atoms with Gasteiger partial charge in [-0.1, -0.05) is 131 Å². The molecule has 0 radical (unpaired) electrons. The fraction of sp³-hybridized carbons (Fsp3) is 0.712. The maximum atomic E-state index is 14.9. The van der Waals surface area contributed by atoms with Crippen LogP contribution in [0.15, 0.2) is 72.4 Å². The molecular weight excluding hydrogens is 1100 g/mol. The molecule has 0 aromatic heterocycles. The standard InChI is InChI=1S/C66H107N5O13Si/c1-16-48-35-42(6)66(69-60(48)77)46(10)58(75)45(9)56(83-66)38-54(74)40(4)25-19-17-20-26-41(5)55-31-22-18-21-30-53(73)44(8)59(76)50(33-32-43(7)72)61(78)68-57(39(2)3)62(79)67-52(63(80)71-34-24-29-51(70-71)64(81)82-55)37-47-27-23-28-49(36-47)84-85(14,15)65(11,12)13/h17-18,20-23,26-28,30,36,39-40,42-46,48,50-59,70,72-76H,16,19,24-25,29,31-35,37-38H2,1-15H3,(H,67,79)(H,68,78)(H,69,77)/b20-17+,22-18+,30-21+,41-26+/t40-,42-,43?,44-,45-,46-,48-,50+,51-,52?,53-,54-,55?,56-,57-,58-,59+,66+/m0/s1. The van der Waals surface area contributed by atoms with Gasteiger partial charge in [0.25, 0.3) is 5.91 Å². The summed E-state index contributed by atoms with van der Waals surface area (Å²) in [6.45, 7) is 29.5. The summed E-state index contributed by atoms with van der Waals surface area (Å²) in [5, 5.41) is 66.7. The third-order valence-corrected chi connectivity index (χ3v) is 23.5. The van der Waals surface area contributed by atoms with E-state index < -0.39 is 116 Å². The lowest BCUT2D eigenvalue weighted by molar-refractivity contribution is -0.267. The molecule has 4 aliphatic heterocycles. The van der Waals surface area contributed by atoms with Crippen LogP contribution >= 0.6 is 0 Å². The number of cyclic esters (lactones) is 1. The summed E-state index contributed by atoms with van der Waals surface area (Å²) in [6.07, 6.45) is 10.6. The Balaban J connectivity index is 1.39. The summed E-state index contributed by atoms with van der Waals surface area (Å²) in [5.74, 6) is -5.08. The average Bonchev–Trinajstić information content (AvgIpc) is 0.955. The molecule has 9 N–H and O–H groups in total. The molecule has 18 atom stereocenters. The number of fused-ring (bicyclic) bond motifs is 2. The molecule has 4 heterocycles. The van der Waals surface area contributed by atoms with Gasteiger partial charge in [0.15, 0.2) is 0 Å².